The molecule has 0 aliphatic rings. The molecule has 0 radical (unpaired) electrons. The third kappa shape index (κ3) is 4.03. The molecule has 1 atom stereocenters. The summed E-state index contributed by atoms with van der Waals surface area (Å²) in [5.41, 5.74) is 12.1. The number of hydrazine groups is 1. The summed E-state index contributed by atoms with van der Waals surface area (Å²) in [6, 6.07) is 20.3. The van der Waals surface area contributed by atoms with E-state index in [1.54, 1.807) is 0 Å². The Morgan fingerprint density at radius 3 is 2.00 bits per heavy atom. The second-order valence-electron chi connectivity index (χ2n) is 6.06. The Kier molecular flexibility index (Phi) is 5.53. The van der Waals surface area contributed by atoms with Gasteiger partial charge in [-0.3, -0.25) is 10.4 Å². The fraction of sp³-hybridized carbons (Fsp3) is 0.200. The van der Waals surface area contributed by atoms with Gasteiger partial charge in [-0.05, 0) is 37.6 Å². The van der Waals surface area contributed by atoms with Crippen molar-refractivity contribution >= 4 is 28.7 Å². The third-order valence-corrected chi connectivity index (χ3v) is 4.13. The maximum atomic E-state index is 6.31. The summed E-state index contributed by atoms with van der Waals surface area (Å²) in [6.07, 6.45) is 2.49. The molecule has 1 heterocycles. The number of nitrogens with two attached hydrogens (primary N) is 1. The molecule has 0 bridgehead atoms. The van der Waals surface area contributed by atoms with Crippen LogP contribution in [0.2, 0.25) is 0 Å². The van der Waals surface area contributed by atoms with Gasteiger partial charge in [0.05, 0.1) is 11.4 Å². The predicted octanol–water partition coefficient (Wildman–Crippen LogP) is 4.43. The standard InChI is InChI=1S/C20H24N6/c1-3-15(2)24-19-18(21)20(23-14-22-19)25-26(16-10-6-4-7-11-16)17-12-8-5-9-13-17/h4-15H,3,21H2,1-2H3,(H2,22,23,24,25). The van der Waals surface area contributed by atoms with Crippen LogP contribution >= 0.6 is 0 Å². The molecule has 0 saturated heterocycles. The SMILES string of the molecule is CCC(C)Nc1ncnc(NN(c2ccccc2)c2ccccc2)c1N. The van der Waals surface area contributed by atoms with Crippen LogP contribution in [-0.2, 0) is 0 Å². The Bertz CT molecular complexity index is 783. The number of nitrogens with zero attached hydrogens (tertiary/aromatic N) is 3. The van der Waals surface area contributed by atoms with Crippen molar-refractivity contribution in [1.29, 1.82) is 0 Å². The van der Waals surface area contributed by atoms with E-state index in [0.717, 1.165) is 17.8 Å². The first-order valence-corrected chi connectivity index (χ1v) is 8.73. The maximum Gasteiger partial charge on any atom is 0.173 e. The number of para-hydroxylation sites is 2. The highest BCUT2D eigenvalue weighted by atomic mass is 15.5. The lowest BCUT2D eigenvalue weighted by Crippen LogP contribution is -2.26. The van der Waals surface area contributed by atoms with Crippen LogP contribution in [0.1, 0.15) is 20.3 Å². The number of hydrogen-bond donors (Lipinski definition) is 3. The van der Waals surface area contributed by atoms with Crippen molar-refractivity contribution in [3.05, 3.63) is 67.0 Å². The summed E-state index contributed by atoms with van der Waals surface area (Å²) in [5, 5.41) is 5.27. The molecule has 1 unspecified atom stereocenters. The Hall–Kier alpha value is -3.28. The minimum Gasteiger partial charge on any atom is -0.393 e. The van der Waals surface area contributed by atoms with Gasteiger partial charge in [0.15, 0.2) is 11.6 Å². The summed E-state index contributed by atoms with van der Waals surface area (Å²) in [6.45, 7) is 4.20. The number of aromatic nitrogens is 2. The van der Waals surface area contributed by atoms with Crippen molar-refractivity contribution in [2.75, 3.05) is 21.5 Å². The van der Waals surface area contributed by atoms with Gasteiger partial charge >= 0.3 is 0 Å². The van der Waals surface area contributed by atoms with Crippen molar-refractivity contribution in [3.63, 3.8) is 0 Å². The fourth-order valence-electron chi connectivity index (χ4n) is 2.47. The molecule has 3 aromatic rings. The maximum absolute atomic E-state index is 6.31. The smallest absolute Gasteiger partial charge is 0.173 e. The molecule has 0 amide bonds. The molecule has 2 aromatic carbocycles. The molecule has 6 heteroatoms. The molecule has 26 heavy (non-hydrogen) atoms. The Morgan fingerprint density at radius 2 is 1.46 bits per heavy atom. The molecule has 0 fully saturated rings. The first-order valence-electron chi connectivity index (χ1n) is 8.73. The molecule has 1 aromatic heterocycles. The number of benzene rings is 2. The first-order chi connectivity index (χ1) is 12.7. The summed E-state index contributed by atoms with van der Waals surface area (Å²) in [4.78, 5) is 8.61. The van der Waals surface area contributed by atoms with Gasteiger partial charge in [0.1, 0.15) is 12.0 Å². The molecule has 4 N–H and O–H groups in total. The van der Waals surface area contributed by atoms with E-state index in [-0.39, 0.29) is 6.04 Å². The molecule has 0 aliphatic heterocycles. The van der Waals surface area contributed by atoms with Crippen LogP contribution in [-0.4, -0.2) is 16.0 Å². The van der Waals surface area contributed by atoms with E-state index in [9.17, 15) is 0 Å². The largest absolute Gasteiger partial charge is 0.393 e. The summed E-state index contributed by atoms with van der Waals surface area (Å²) in [5.74, 6) is 1.19. The molecule has 0 saturated carbocycles. The van der Waals surface area contributed by atoms with E-state index >= 15 is 0 Å². The van der Waals surface area contributed by atoms with Gasteiger partial charge in [-0.2, -0.15) is 0 Å². The van der Waals surface area contributed by atoms with Crippen LogP contribution in [0.15, 0.2) is 67.0 Å². The van der Waals surface area contributed by atoms with Crippen molar-refractivity contribution in [2.24, 2.45) is 0 Å². The predicted molar refractivity (Wildman–Crippen MR) is 108 cm³/mol. The van der Waals surface area contributed by atoms with Crippen molar-refractivity contribution in [3.8, 4) is 0 Å². The van der Waals surface area contributed by atoms with Crippen molar-refractivity contribution in [1.82, 2.24) is 9.97 Å². The van der Waals surface area contributed by atoms with E-state index < -0.39 is 0 Å². The number of rotatable bonds is 7. The van der Waals surface area contributed by atoms with Crippen LogP contribution in [0.3, 0.4) is 0 Å². The third-order valence-electron chi connectivity index (χ3n) is 4.13. The molecule has 0 spiro atoms. The topological polar surface area (TPSA) is 79.1 Å². The molecule has 0 aliphatic carbocycles. The zero-order valence-corrected chi connectivity index (χ0v) is 15.1. The molecule has 6 nitrogen and oxygen atoms in total. The van der Waals surface area contributed by atoms with E-state index in [1.165, 1.54) is 6.33 Å². The Labute approximate surface area is 154 Å². The number of anilines is 5. The molecular weight excluding hydrogens is 324 g/mol. The Morgan fingerprint density at radius 1 is 0.923 bits per heavy atom. The lowest BCUT2D eigenvalue weighted by molar-refractivity contribution is 0.759. The van der Waals surface area contributed by atoms with Crippen LogP contribution in [0.5, 0.6) is 0 Å². The van der Waals surface area contributed by atoms with Crippen LogP contribution in [0.4, 0.5) is 28.7 Å². The summed E-state index contributed by atoms with van der Waals surface area (Å²) < 4.78 is 0. The van der Waals surface area contributed by atoms with Gasteiger partial charge in [0, 0.05) is 6.04 Å². The second kappa shape index (κ2) is 8.20. The van der Waals surface area contributed by atoms with Gasteiger partial charge in [-0.1, -0.05) is 43.3 Å². The van der Waals surface area contributed by atoms with Gasteiger partial charge < -0.3 is 11.1 Å². The van der Waals surface area contributed by atoms with Gasteiger partial charge in [0.2, 0.25) is 0 Å². The minimum atomic E-state index is 0.277. The summed E-state index contributed by atoms with van der Waals surface area (Å²) >= 11 is 0. The van der Waals surface area contributed by atoms with Gasteiger partial charge in [-0.15, -0.1) is 0 Å². The van der Waals surface area contributed by atoms with Crippen LogP contribution < -0.4 is 21.5 Å². The van der Waals surface area contributed by atoms with E-state index in [1.807, 2.05) is 65.7 Å². The normalized spacial score (nSPS) is 11.6. The average molecular weight is 348 g/mol. The highest BCUT2D eigenvalue weighted by Gasteiger charge is 2.14. The first kappa shape index (κ1) is 17.5. The van der Waals surface area contributed by atoms with Crippen molar-refractivity contribution < 1.29 is 0 Å². The van der Waals surface area contributed by atoms with E-state index in [2.05, 4.69) is 34.6 Å². The minimum absolute atomic E-state index is 0.277. The van der Waals surface area contributed by atoms with E-state index in [4.69, 9.17) is 5.73 Å². The monoisotopic (exact) mass is 348 g/mol. The molecule has 3 rings (SSSR count). The number of hydrogen-bond acceptors (Lipinski definition) is 6. The number of nitrogen functional groups attached to an aromatic ring is 1. The summed E-state index contributed by atoms with van der Waals surface area (Å²) in [7, 11) is 0. The van der Waals surface area contributed by atoms with Crippen LogP contribution in [0.25, 0.3) is 0 Å². The fourth-order valence-corrected chi connectivity index (χ4v) is 2.47. The van der Waals surface area contributed by atoms with Gasteiger partial charge in [-0.25, -0.2) is 9.97 Å². The highest BCUT2D eigenvalue weighted by molar-refractivity contribution is 5.78. The Balaban J connectivity index is 1.94. The number of nitrogens with one attached hydrogen (secondary N) is 2. The zero-order valence-electron chi connectivity index (χ0n) is 15.1. The quantitative estimate of drug-likeness (QED) is 0.548. The molecular formula is C20H24N6. The van der Waals surface area contributed by atoms with E-state index in [0.29, 0.717) is 17.3 Å². The van der Waals surface area contributed by atoms with Crippen LogP contribution in [0, 0.1) is 0 Å². The average Bonchev–Trinajstić information content (AvgIpc) is 2.70. The molecule has 134 valence electrons. The zero-order chi connectivity index (χ0) is 18.4. The lowest BCUT2D eigenvalue weighted by Gasteiger charge is -2.27. The second-order valence-corrected chi connectivity index (χ2v) is 6.06. The van der Waals surface area contributed by atoms with Gasteiger partial charge in [0.25, 0.3) is 0 Å². The highest BCUT2D eigenvalue weighted by Crippen LogP contribution is 2.29. The van der Waals surface area contributed by atoms with Crippen molar-refractivity contribution in [2.45, 2.75) is 26.3 Å². The lowest BCUT2D eigenvalue weighted by atomic mass is 10.2.